The Hall–Kier alpha value is -1.92. The third-order valence-electron chi connectivity index (χ3n) is 2.77. The number of benzene rings is 1. The molecule has 80 valence electrons. The van der Waals surface area contributed by atoms with Crippen molar-refractivity contribution in [3.63, 3.8) is 0 Å². The highest BCUT2D eigenvalue weighted by molar-refractivity contribution is 6.27. The maximum Gasteiger partial charge on any atom is 0.216 e. The summed E-state index contributed by atoms with van der Waals surface area (Å²) in [7, 11) is 0. The zero-order valence-electron chi connectivity index (χ0n) is 8.72. The summed E-state index contributed by atoms with van der Waals surface area (Å²) in [4.78, 5) is 24.0. The van der Waals surface area contributed by atoms with Crippen LogP contribution in [0.4, 0.5) is 0 Å². The number of carbonyl (C=O) groups is 2. The van der Waals surface area contributed by atoms with Gasteiger partial charge in [0.1, 0.15) is 6.04 Å². The molecule has 1 heterocycles. The lowest BCUT2D eigenvalue weighted by Gasteiger charge is -2.19. The topological polar surface area (TPSA) is 37.4 Å². The Labute approximate surface area is 94.1 Å². The van der Waals surface area contributed by atoms with Gasteiger partial charge in [0.2, 0.25) is 5.78 Å². The van der Waals surface area contributed by atoms with E-state index in [0.717, 1.165) is 11.1 Å². The fourth-order valence-electron chi connectivity index (χ4n) is 2.11. The number of terminal acetylenes is 1. The molecule has 2 rings (SSSR count). The molecule has 0 amide bonds. The average molecular weight is 213 g/mol. The van der Waals surface area contributed by atoms with E-state index in [9.17, 15) is 9.59 Å². The van der Waals surface area contributed by atoms with Crippen molar-refractivity contribution >= 4 is 12.1 Å². The second-order valence-electron chi connectivity index (χ2n) is 3.73. The van der Waals surface area contributed by atoms with Crippen molar-refractivity contribution < 1.29 is 9.59 Å². The molecular weight excluding hydrogens is 202 g/mol. The molecule has 0 saturated heterocycles. The van der Waals surface area contributed by atoms with Gasteiger partial charge >= 0.3 is 0 Å². The second-order valence-corrected chi connectivity index (χ2v) is 3.73. The van der Waals surface area contributed by atoms with Crippen LogP contribution in [0.15, 0.2) is 24.3 Å². The highest BCUT2D eigenvalue weighted by Gasteiger charge is 2.34. The molecule has 0 N–H and O–H groups in total. The highest BCUT2D eigenvalue weighted by Crippen LogP contribution is 2.33. The summed E-state index contributed by atoms with van der Waals surface area (Å²) in [5.74, 6) is 2.08. The minimum atomic E-state index is -0.496. The summed E-state index contributed by atoms with van der Waals surface area (Å²) in [6.45, 7) is 1.00. The van der Waals surface area contributed by atoms with Crippen molar-refractivity contribution in [1.29, 1.82) is 0 Å². The minimum absolute atomic E-state index is 0.371. The first-order chi connectivity index (χ1) is 7.77. The molecule has 0 aliphatic carbocycles. The largest absolute Gasteiger partial charge is 0.295 e. The molecule has 1 aromatic carbocycles. The standard InChI is InChI=1S/C13H11NO2/c1-2-7-14-8-10-5-3-4-6-11(10)13(14)12(16)9-15/h1,3-6,9,13H,7-8H2. The average Bonchev–Trinajstić information content (AvgIpc) is 2.66. The van der Waals surface area contributed by atoms with Crippen LogP contribution in [0.2, 0.25) is 0 Å². The Bertz CT molecular complexity index is 473. The van der Waals surface area contributed by atoms with Gasteiger partial charge in [-0.3, -0.25) is 14.5 Å². The maximum absolute atomic E-state index is 11.6. The molecule has 1 aliphatic rings. The van der Waals surface area contributed by atoms with Gasteiger partial charge in [0.15, 0.2) is 6.29 Å². The Morgan fingerprint density at radius 3 is 3.00 bits per heavy atom. The Morgan fingerprint density at radius 1 is 1.56 bits per heavy atom. The van der Waals surface area contributed by atoms with Gasteiger partial charge in [0, 0.05) is 6.54 Å². The number of Topliss-reactive ketones (excluding diaryl/α,β-unsaturated/α-hetero) is 1. The number of hydrogen-bond acceptors (Lipinski definition) is 3. The Morgan fingerprint density at radius 2 is 2.31 bits per heavy atom. The van der Waals surface area contributed by atoms with Crippen LogP contribution in [0.5, 0.6) is 0 Å². The highest BCUT2D eigenvalue weighted by atomic mass is 16.2. The number of fused-ring (bicyclic) bond motifs is 1. The number of hydrogen-bond donors (Lipinski definition) is 0. The normalized spacial score (nSPS) is 18.8. The molecule has 1 aromatic rings. The van der Waals surface area contributed by atoms with Crippen LogP contribution < -0.4 is 0 Å². The molecule has 0 saturated carbocycles. The predicted octanol–water partition coefficient (Wildman–Crippen LogP) is 0.945. The van der Waals surface area contributed by atoms with Gasteiger partial charge in [-0.25, -0.2) is 0 Å². The van der Waals surface area contributed by atoms with Crippen LogP contribution in [0.3, 0.4) is 0 Å². The monoisotopic (exact) mass is 213 g/mol. The van der Waals surface area contributed by atoms with Crippen LogP contribution in [-0.4, -0.2) is 23.5 Å². The van der Waals surface area contributed by atoms with Crippen LogP contribution >= 0.6 is 0 Å². The fraction of sp³-hybridized carbons (Fsp3) is 0.231. The third-order valence-corrected chi connectivity index (χ3v) is 2.77. The van der Waals surface area contributed by atoms with Gasteiger partial charge < -0.3 is 0 Å². The zero-order valence-corrected chi connectivity index (χ0v) is 8.72. The van der Waals surface area contributed by atoms with Gasteiger partial charge in [-0.2, -0.15) is 0 Å². The summed E-state index contributed by atoms with van der Waals surface area (Å²) in [5, 5.41) is 0. The molecule has 1 aliphatic heterocycles. The van der Waals surface area contributed by atoms with E-state index in [1.807, 2.05) is 29.2 Å². The lowest BCUT2D eigenvalue weighted by atomic mass is 10.0. The number of nitrogens with zero attached hydrogens (tertiary/aromatic N) is 1. The molecule has 1 unspecified atom stereocenters. The van der Waals surface area contributed by atoms with Crippen molar-refractivity contribution in [2.75, 3.05) is 6.54 Å². The molecule has 16 heavy (non-hydrogen) atoms. The number of carbonyl (C=O) groups excluding carboxylic acids is 2. The van der Waals surface area contributed by atoms with E-state index in [2.05, 4.69) is 5.92 Å². The van der Waals surface area contributed by atoms with Gasteiger partial charge in [0.25, 0.3) is 0 Å². The number of rotatable bonds is 3. The third kappa shape index (κ3) is 1.64. The van der Waals surface area contributed by atoms with Crippen LogP contribution in [0.25, 0.3) is 0 Å². The summed E-state index contributed by atoms with van der Waals surface area (Å²) >= 11 is 0. The SMILES string of the molecule is C#CCN1Cc2ccccc2C1C(=O)C=O. The first-order valence-electron chi connectivity index (χ1n) is 5.02. The molecule has 3 nitrogen and oxygen atoms in total. The molecule has 3 heteroatoms. The first kappa shape index (κ1) is 10.6. The van der Waals surface area contributed by atoms with Crippen LogP contribution in [0.1, 0.15) is 17.2 Å². The van der Waals surface area contributed by atoms with Crippen molar-refractivity contribution in [2.45, 2.75) is 12.6 Å². The van der Waals surface area contributed by atoms with E-state index in [1.54, 1.807) is 0 Å². The predicted molar refractivity (Wildman–Crippen MR) is 59.5 cm³/mol. The smallest absolute Gasteiger partial charge is 0.216 e. The van der Waals surface area contributed by atoms with Crippen molar-refractivity contribution in [3.8, 4) is 12.3 Å². The van der Waals surface area contributed by atoms with E-state index in [1.165, 1.54) is 0 Å². The van der Waals surface area contributed by atoms with Gasteiger partial charge in [-0.1, -0.05) is 30.2 Å². The second kappa shape index (κ2) is 4.30. The Kier molecular flexibility index (Phi) is 2.84. The molecule has 0 aromatic heterocycles. The van der Waals surface area contributed by atoms with Crippen LogP contribution in [0, 0.1) is 12.3 Å². The lowest BCUT2D eigenvalue weighted by molar-refractivity contribution is -0.133. The summed E-state index contributed by atoms with van der Waals surface area (Å²) in [6, 6.07) is 7.11. The molecule has 0 radical (unpaired) electrons. The van der Waals surface area contributed by atoms with E-state index in [0.29, 0.717) is 19.4 Å². The lowest BCUT2D eigenvalue weighted by Crippen LogP contribution is -2.29. The first-order valence-corrected chi connectivity index (χ1v) is 5.02. The summed E-state index contributed by atoms with van der Waals surface area (Å²) in [5.41, 5.74) is 1.97. The minimum Gasteiger partial charge on any atom is -0.295 e. The maximum atomic E-state index is 11.6. The quantitative estimate of drug-likeness (QED) is 0.426. The zero-order chi connectivity index (χ0) is 11.5. The molecule has 1 atom stereocenters. The fourth-order valence-corrected chi connectivity index (χ4v) is 2.11. The summed E-state index contributed by atoms with van der Waals surface area (Å²) < 4.78 is 0. The van der Waals surface area contributed by atoms with Crippen molar-refractivity contribution in [3.05, 3.63) is 35.4 Å². The number of aldehydes is 1. The van der Waals surface area contributed by atoms with Crippen molar-refractivity contribution in [2.24, 2.45) is 0 Å². The van der Waals surface area contributed by atoms with E-state index in [4.69, 9.17) is 6.42 Å². The van der Waals surface area contributed by atoms with E-state index in [-0.39, 0.29) is 0 Å². The van der Waals surface area contributed by atoms with E-state index >= 15 is 0 Å². The molecule has 0 fully saturated rings. The molecule has 0 spiro atoms. The number of ketones is 1. The van der Waals surface area contributed by atoms with Gasteiger partial charge in [-0.15, -0.1) is 6.42 Å². The van der Waals surface area contributed by atoms with Gasteiger partial charge in [0.05, 0.1) is 6.54 Å². The molecular formula is C13H11NO2. The molecule has 0 bridgehead atoms. The Balaban J connectivity index is 2.40. The van der Waals surface area contributed by atoms with Crippen molar-refractivity contribution in [1.82, 2.24) is 4.90 Å². The van der Waals surface area contributed by atoms with E-state index < -0.39 is 11.8 Å². The van der Waals surface area contributed by atoms with Gasteiger partial charge in [-0.05, 0) is 11.1 Å². The van der Waals surface area contributed by atoms with Crippen LogP contribution in [-0.2, 0) is 16.1 Å². The summed E-state index contributed by atoms with van der Waals surface area (Å²) in [6.07, 6.45) is 5.63.